The Labute approximate surface area is 203 Å². The summed E-state index contributed by atoms with van der Waals surface area (Å²) in [5.74, 6) is -27.8. The molecule has 5 rings (SSSR count). The second-order valence-electron chi connectivity index (χ2n) is 7.96. The number of rotatable bonds is 2. The van der Waals surface area contributed by atoms with Gasteiger partial charge in [-0.1, -0.05) is 24.3 Å². The summed E-state index contributed by atoms with van der Waals surface area (Å²) >= 11 is 0. The van der Waals surface area contributed by atoms with Gasteiger partial charge >= 0.3 is 0 Å². The van der Waals surface area contributed by atoms with Crippen LogP contribution in [0.4, 0.5) is 52.7 Å². The van der Waals surface area contributed by atoms with Crippen LogP contribution >= 0.6 is 0 Å². The molecular formula is C26H6F12. The van der Waals surface area contributed by atoms with Crippen LogP contribution in [0.1, 0.15) is 0 Å². The highest BCUT2D eigenvalue weighted by Crippen LogP contribution is 2.48. The molecule has 0 atom stereocenters. The lowest BCUT2D eigenvalue weighted by Crippen LogP contribution is -2.07. The fourth-order valence-electron chi connectivity index (χ4n) is 4.40. The van der Waals surface area contributed by atoms with Crippen LogP contribution in [0.15, 0.2) is 36.4 Å². The Kier molecular flexibility index (Phi) is 5.80. The lowest BCUT2D eigenvalue weighted by atomic mass is 9.84. The third-order valence-electron chi connectivity index (χ3n) is 5.99. The topological polar surface area (TPSA) is 0 Å². The van der Waals surface area contributed by atoms with Crippen molar-refractivity contribution in [1.29, 1.82) is 0 Å². The van der Waals surface area contributed by atoms with Gasteiger partial charge in [-0.15, -0.1) is 0 Å². The maximum atomic E-state index is 15.2. The van der Waals surface area contributed by atoms with E-state index in [-0.39, 0.29) is 0 Å². The first-order chi connectivity index (χ1) is 17.9. The molecule has 0 aliphatic heterocycles. The number of hydrogen-bond acceptors (Lipinski definition) is 0. The van der Waals surface area contributed by atoms with Gasteiger partial charge in [0.2, 0.25) is 11.6 Å². The summed E-state index contributed by atoms with van der Waals surface area (Å²) in [5, 5.41) is -3.81. The standard InChI is InChI=1S/C26H6F12/c27-9-5-6-10(28)14-12(16-19(31)23(35)26(38)24(36)20(16)32)8-4-2-1-3-7(8)11(13(9)14)15-17(29)21(33)25(37)22(34)18(15)30/h1-6H. The molecule has 0 N–H and O–H groups in total. The van der Waals surface area contributed by atoms with Crippen LogP contribution in [0.25, 0.3) is 43.8 Å². The van der Waals surface area contributed by atoms with E-state index in [1.165, 1.54) is 0 Å². The quantitative estimate of drug-likeness (QED) is 0.0898. The van der Waals surface area contributed by atoms with Crippen LogP contribution in [0.3, 0.4) is 0 Å². The van der Waals surface area contributed by atoms with Crippen LogP contribution in [-0.2, 0) is 0 Å². The Morgan fingerprint density at radius 1 is 0.289 bits per heavy atom. The highest BCUT2D eigenvalue weighted by Gasteiger charge is 2.34. The molecule has 12 heteroatoms. The Bertz CT molecular complexity index is 1650. The van der Waals surface area contributed by atoms with Crippen molar-refractivity contribution >= 4 is 21.5 Å². The molecule has 0 nitrogen and oxygen atoms in total. The van der Waals surface area contributed by atoms with Crippen molar-refractivity contribution in [2.24, 2.45) is 0 Å². The summed E-state index contributed by atoms with van der Waals surface area (Å²) in [5.41, 5.74) is -5.66. The Hall–Kier alpha value is -4.22. The fourth-order valence-corrected chi connectivity index (χ4v) is 4.40. The number of benzene rings is 5. The molecule has 38 heavy (non-hydrogen) atoms. The van der Waals surface area contributed by atoms with Gasteiger partial charge < -0.3 is 0 Å². The minimum atomic E-state index is -2.55. The van der Waals surface area contributed by atoms with Gasteiger partial charge in [0.15, 0.2) is 46.5 Å². The van der Waals surface area contributed by atoms with Crippen LogP contribution in [0.2, 0.25) is 0 Å². The Balaban J connectivity index is 2.16. The summed E-state index contributed by atoms with van der Waals surface area (Å²) in [6.07, 6.45) is 0. The average molecular weight is 546 g/mol. The first kappa shape index (κ1) is 25.4. The molecule has 194 valence electrons. The molecule has 0 spiro atoms. The normalized spacial score (nSPS) is 11.7. The maximum Gasteiger partial charge on any atom is 0.200 e. The van der Waals surface area contributed by atoms with Gasteiger partial charge in [0.05, 0.1) is 11.1 Å². The second-order valence-corrected chi connectivity index (χ2v) is 7.96. The van der Waals surface area contributed by atoms with Crippen molar-refractivity contribution in [2.75, 3.05) is 0 Å². The molecule has 0 radical (unpaired) electrons. The summed E-state index contributed by atoms with van der Waals surface area (Å²) in [6, 6.07) is 4.74. The first-order valence-corrected chi connectivity index (χ1v) is 10.3. The lowest BCUT2D eigenvalue weighted by Gasteiger charge is -2.20. The first-order valence-electron chi connectivity index (χ1n) is 10.3. The SMILES string of the molecule is Fc1c(F)c(F)c(-c2c3ccccc3c(-c3c(F)c(F)c(F)c(F)c3F)c3c(F)ccc(F)c23)c(F)c1F. The Morgan fingerprint density at radius 3 is 0.842 bits per heavy atom. The molecule has 5 aromatic rings. The van der Waals surface area contributed by atoms with Crippen molar-refractivity contribution in [3.05, 3.63) is 106 Å². The van der Waals surface area contributed by atoms with Gasteiger partial charge in [0.25, 0.3) is 0 Å². The molecule has 0 aliphatic carbocycles. The zero-order chi connectivity index (χ0) is 27.8. The predicted molar refractivity (Wildman–Crippen MR) is 112 cm³/mol. The van der Waals surface area contributed by atoms with Gasteiger partial charge in [-0.3, -0.25) is 0 Å². The smallest absolute Gasteiger partial charge is 0.200 e. The van der Waals surface area contributed by atoms with Gasteiger partial charge in [-0.25, -0.2) is 52.7 Å². The molecule has 5 aromatic carbocycles. The lowest BCUT2D eigenvalue weighted by molar-refractivity contribution is 0.381. The molecule has 0 fully saturated rings. The van der Waals surface area contributed by atoms with Crippen molar-refractivity contribution in [2.45, 2.75) is 0 Å². The van der Waals surface area contributed by atoms with E-state index in [1.54, 1.807) is 0 Å². The Morgan fingerprint density at radius 2 is 0.553 bits per heavy atom. The maximum absolute atomic E-state index is 15.2. The molecule has 0 aliphatic rings. The van der Waals surface area contributed by atoms with E-state index in [1.807, 2.05) is 0 Å². The third kappa shape index (κ3) is 3.28. The molecule has 0 saturated carbocycles. The van der Waals surface area contributed by atoms with Crippen LogP contribution in [0, 0.1) is 69.8 Å². The van der Waals surface area contributed by atoms with E-state index in [9.17, 15) is 43.9 Å². The fraction of sp³-hybridized carbons (Fsp3) is 0. The van der Waals surface area contributed by atoms with Crippen molar-refractivity contribution in [3.8, 4) is 22.3 Å². The molecule has 0 unspecified atom stereocenters. The van der Waals surface area contributed by atoms with E-state index < -0.39 is 114 Å². The largest absolute Gasteiger partial charge is 0.206 e. The van der Waals surface area contributed by atoms with E-state index >= 15 is 8.78 Å². The number of fused-ring (bicyclic) bond motifs is 2. The molecule has 0 heterocycles. The van der Waals surface area contributed by atoms with E-state index in [4.69, 9.17) is 0 Å². The highest BCUT2D eigenvalue weighted by atomic mass is 19.2. The molecule has 0 bridgehead atoms. The van der Waals surface area contributed by atoms with Crippen molar-refractivity contribution in [1.82, 2.24) is 0 Å². The minimum Gasteiger partial charge on any atom is -0.206 e. The third-order valence-corrected chi connectivity index (χ3v) is 5.99. The summed E-state index contributed by atoms with van der Waals surface area (Å²) in [7, 11) is 0. The van der Waals surface area contributed by atoms with Crippen LogP contribution < -0.4 is 0 Å². The summed E-state index contributed by atoms with van der Waals surface area (Å²) in [6.45, 7) is 0. The molecular weight excluding hydrogens is 540 g/mol. The number of halogens is 12. The summed E-state index contributed by atoms with van der Waals surface area (Å²) in [4.78, 5) is 0. The molecule has 0 amide bonds. The van der Waals surface area contributed by atoms with E-state index in [2.05, 4.69) is 0 Å². The second kappa shape index (κ2) is 8.67. The minimum absolute atomic E-state index is 0.379. The van der Waals surface area contributed by atoms with Gasteiger partial charge in [-0.2, -0.15) is 0 Å². The van der Waals surface area contributed by atoms with Crippen molar-refractivity contribution < 1.29 is 52.7 Å². The molecule has 0 aromatic heterocycles. The van der Waals surface area contributed by atoms with Crippen molar-refractivity contribution in [3.63, 3.8) is 0 Å². The zero-order valence-corrected chi connectivity index (χ0v) is 18.0. The molecule has 0 saturated heterocycles. The van der Waals surface area contributed by atoms with Crippen LogP contribution in [0.5, 0.6) is 0 Å². The van der Waals surface area contributed by atoms with Crippen LogP contribution in [-0.4, -0.2) is 0 Å². The monoisotopic (exact) mass is 546 g/mol. The summed E-state index contributed by atoms with van der Waals surface area (Å²) < 4.78 is 174. The van der Waals surface area contributed by atoms with Gasteiger partial charge in [-0.05, 0) is 22.9 Å². The average Bonchev–Trinajstić information content (AvgIpc) is 2.91. The highest BCUT2D eigenvalue weighted by molar-refractivity contribution is 6.21. The number of hydrogen-bond donors (Lipinski definition) is 0. The van der Waals surface area contributed by atoms with Gasteiger partial charge in [0.1, 0.15) is 11.6 Å². The van der Waals surface area contributed by atoms with E-state index in [0.29, 0.717) is 12.1 Å². The predicted octanol–water partition coefficient (Wildman–Crippen LogP) is 9.00. The zero-order valence-electron chi connectivity index (χ0n) is 18.0. The van der Waals surface area contributed by atoms with Gasteiger partial charge in [0, 0.05) is 21.9 Å². The van der Waals surface area contributed by atoms with E-state index in [0.717, 1.165) is 24.3 Å².